The molecule has 0 aromatic carbocycles. The molecule has 0 fully saturated rings. The molecule has 5 heteroatoms. The molecule has 0 saturated heterocycles. The molecule has 0 rings (SSSR count). The summed E-state index contributed by atoms with van der Waals surface area (Å²) < 4.78 is 0. The highest BCUT2D eigenvalue weighted by molar-refractivity contribution is 5.88. The Labute approximate surface area is 77.1 Å². The van der Waals surface area contributed by atoms with Gasteiger partial charge in [0.15, 0.2) is 5.78 Å². The molecule has 0 saturated carbocycles. The van der Waals surface area contributed by atoms with Gasteiger partial charge >= 0.3 is 5.97 Å². The lowest BCUT2D eigenvalue weighted by Gasteiger charge is -2.13. The summed E-state index contributed by atoms with van der Waals surface area (Å²) in [6.07, 6.45) is 0.588. The Morgan fingerprint density at radius 3 is 2.23 bits per heavy atom. The minimum absolute atomic E-state index is 0.0939. The Kier molecular flexibility index (Phi) is 5.25. The van der Waals surface area contributed by atoms with Crippen molar-refractivity contribution in [1.82, 2.24) is 0 Å². The maximum Gasteiger partial charge on any atom is 0.303 e. The van der Waals surface area contributed by atoms with Crippen LogP contribution in [0.1, 0.15) is 26.2 Å². The number of carbonyl (C=O) groups is 2. The molecule has 0 aliphatic carbocycles. The number of nitrogens with two attached hydrogens (primary N) is 2. The Morgan fingerprint density at radius 1 is 1.31 bits per heavy atom. The summed E-state index contributed by atoms with van der Waals surface area (Å²) in [6.45, 7) is 1.78. The summed E-state index contributed by atoms with van der Waals surface area (Å²) in [5.41, 5.74) is 10.9. The number of hydrogen-bond acceptors (Lipinski definition) is 4. The molecule has 0 aliphatic rings. The maximum absolute atomic E-state index is 11.2. The van der Waals surface area contributed by atoms with Gasteiger partial charge in [-0.2, -0.15) is 0 Å². The van der Waals surface area contributed by atoms with Crippen LogP contribution in [0.2, 0.25) is 0 Å². The van der Waals surface area contributed by atoms with E-state index in [0.717, 1.165) is 0 Å². The number of aliphatic carboxylic acids is 1. The Bertz CT molecular complexity index is 194. The topological polar surface area (TPSA) is 106 Å². The maximum atomic E-state index is 11.2. The van der Waals surface area contributed by atoms with Gasteiger partial charge in [-0.1, -0.05) is 6.92 Å². The minimum Gasteiger partial charge on any atom is -0.481 e. The third kappa shape index (κ3) is 4.59. The molecule has 0 radical (unpaired) electrons. The highest BCUT2D eigenvalue weighted by atomic mass is 16.4. The van der Waals surface area contributed by atoms with Gasteiger partial charge in [-0.25, -0.2) is 0 Å². The van der Waals surface area contributed by atoms with Crippen LogP contribution in [0.5, 0.6) is 0 Å². The molecule has 2 unspecified atom stereocenters. The molecule has 13 heavy (non-hydrogen) atoms. The molecule has 2 atom stereocenters. The van der Waals surface area contributed by atoms with Crippen LogP contribution in [0.25, 0.3) is 0 Å². The SMILES string of the molecule is CCC(N)C(=O)C(N)CCC(=O)O. The van der Waals surface area contributed by atoms with E-state index in [0.29, 0.717) is 6.42 Å². The van der Waals surface area contributed by atoms with E-state index < -0.39 is 18.1 Å². The van der Waals surface area contributed by atoms with E-state index >= 15 is 0 Å². The normalized spacial score (nSPS) is 15.0. The van der Waals surface area contributed by atoms with Crippen molar-refractivity contribution < 1.29 is 14.7 Å². The second kappa shape index (κ2) is 5.66. The fraction of sp³-hybridized carbons (Fsp3) is 0.750. The van der Waals surface area contributed by atoms with E-state index in [-0.39, 0.29) is 18.6 Å². The van der Waals surface area contributed by atoms with Gasteiger partial charge in [0.25, 0.3) is 0 Å². The summed E-state index contributed by atoms with van der Waals surface area (Å²) in [5, 5.41) is 8.34. The number of hydrogen-bond donors (Lipinski definition) is 3. The van der Waals surface area contributed by atoms with Crippen LogP contribution in [0, 0.1) is 0 Å². The zero-order valence-electron chi connectivity index (χ0n) is 7.69. The monoisotopic (exact) mass is 188 g/mol. The number of ketones is 1. The lowest BCUT2D eigenvalue weighted by Crippen LogP contribution is -2.43. The predicted molar refractivity (Wildman–Crippen MR) is 48.1 cm³/mol. The van der Waals surface area contributed by atoms with E-state index in [1.165, 1.54) is 0 Å². The Balaban J connectivity index is 3.89. The van der Waals surface area contributed by atoms with Gasteiger partial charge in [0, 0.05) is 6.42 Å². The van der Waals surface area contributed by atoms with Gasteiger partial charge in [-0.3, -0.25) is 9.59 Å². The zero-order chi connectivity index (χ0) is 10.4. The first-order valence-corrected chi connectivity index (χ1v) is 4.25. The average molecular weight is 188 g/mol. The van der Waals surface area contributed by atoms with Crippen LogP contribution in [-0.2, 0) is 9.59 Å². The van der Waals surface area contributed by atoms with Crippen molar-refractivity contribution in [2.75, 3.05) is 0 Å². The van der Waals surface area contributed by atoms with Gasteiger partial charge in [0.05, 0.1) is 12.1 Å². The number of rotatable bonds is 6. The fourth-order valence-electron chi connectivity index (χ4n) is 0.897. The van der Waals surface area contributed by atoms with Crippen molar-refractivity contribution in [1.29, 1.82) is 0 Å². The van der Waals surface area contributed by atoms with Crippen molar-refractivity contribution in [2.24, 2.45) is 11.5 Å². The summed E-state index contributed by atoms with van der Waals surface area (Å²) in [5.74, 6) is -1.21. The molecule has 0 amide bonds. The van der Waals surface area contributed by atoms with E-state index in [1.807, 2.05) is 0 Å². The van der Waals surface area contributed by atoms with Crippen LogP contribution in [-0.4, -0.2) is 28.9 Å². The lowest BCUT2D eigenvalue weighted by atomic mass is 10.0. The average Bonchev–Trinajstić information content (AvgIpc) is 2.11. The fourth-order valence-corrected chi connectivity index (χ4v) is 0.897. The first-order valence-electron chi connectivity index (χ1n) is 4.25. The van der Waals surface area contributed by atoms with E-state index in [9.17, 15) is 9.59 Å². The highest BCUT2D eigenvalue weighted by Crippen LogP contribution is 2.00. The van der Waals surface area contributed by atoms with Crippen LogP contribution in [0.3, 0.4) is 0 Å². The molecular weight excluding hydrogens is 172 g/mol. The largest absolute Gasteiger partial charge is 0.481 e. The molecule has 0 aromatic rings. The number of carbonyl (C=O) groups excluding carboxylic acids is 1. The third-order valence-corrected chi connectivity index (χ3v) is 1.84. The number of carboxylic acid groups (broad SMARTS) is 1. The highest BCUT2D eigenvalue weighted by Gasteiger charge is 2.19. The van der Waals surface area contributed by atoms with Crippen LogP contribution in [0.15, 0.2) is 0 Å². The van der Waals surface area contributed by atoms with Gasteiger partial charge in [0.2, 0.25) is 0 Å². The van der Waals surface area contributed by atoms with Crippen molar-refractivity contribution in [3.05, 3.63) is 0 Å². The number of Topliss-reactive ketones (excluding diaryl/α,β-unsaturated/α-hetero) is 1. The van der Waals surface area contributed by atoms with Crippen LogP contribution >= 0.6 is 0 Å². The van der Waals surface area contributed by atoms with Crippen molar-refractivity contribution in [3.8, 4) is 0 Å². The molecule has 5 N–H and O–H groups in total. The van der Waals surface area contributed by atoms with Gasteiger partial charge < -0.3 is 16.6 Å². The predicted octanol–water partition coefficient (Wildman–Crippen LogP) is -0.515. The van der Waals surface area contributed by atoms with Crippen molar-refractivity contribution in [2.45, 2.75) is 38.3 Å². The summed E-state index contributed by atoms with van der Waals surface area (Å²) in [4.78, 5) is 21.4. The summed E-state index contributed by atoms with van der Waals surface area (Å²) in [6, 6.07) is -1.31. The standard InChI is InChI=1S/C8H16N2O3/c1-2-5(9)8(13)6(10)3-4-7(11)12/h5-6H,2-4,9-10H2,1H3,(H,11,12). The molecule has 0 bridgehead atoms. The van der Waals surface area contributed by atoms with Crippen molar-refractivity contribution in [3.63, 3.8) is 0 Å². The van der Waals surface area contributed by atoms with Crippen LogP contribution in [0.4, 0.5) is 0 Å². The molecule has 0 aliphatic heterocycles. The zero-order valence-corrected chi connectivity index (χ0v) is 7.69. The van der Waals surface area contributed by atoms with Crippen LogP contribution < -0.4 is 11.5 Å². The van der Waals surface area contributed by atoms with Crippen molar-refractivity contribution >= 4 is 11.8 Å². The van der Waals surface area contributed by atoms with Gasteiger partial charge in [-0.15, -0.1) is 0 Å². The van der Waals surface area contributed by atoms with E-state index in [2.05, 4.69) is 0 Å². The Morgan fingerprint density at radius 2 is 1.85 bits per heavy atom. The van der Waals surface area contributed by atoms with Gasteiger partial charge in [0.1, 0.15) is 0 Å². The molecule has 0 aromatic heterocycles. The second-order valence-corrected chi connectivity index (χ2v) is 2.96. The third-order valence-electron chi connectivity index (χ3n) is 1.84. The summed E-state index contributed by atoms with van der Waals surface area (Å²) in [7, 11) is 0. The Hall–Kier alpha value is -0.940. The lowest BCUT2D eigenvalue weighted by molar-refractivity contribution is -0.137. The second-order valence-electron chi connectivity index (χ2n) is 2.96. The first-order chi connectivity index (χ1) is 5.99. The quantitative estimate of drug-likeness (QED) is 0.520. The molecule has 5 nitrogen and oxygen atoms in total. The number of carboxylic acids is 1. The van der Waals surface area contributed by atoms with Gasteiger partial charge in [-0.05, 0) is 12.8 Å². The van der Waals surface area contributed by atoms with E-state index in [1.54, 1.807) is 6.92 Å². The molecule has 76 valence electrons. The summed E-state index contributed by atoms with van der Waals surface area (Å²) >= 11 is 0. The first kappa shape index (κ1) is 12.1. The molecular formula is C8H16N2O3. The smallest absolute Gasteiger partial charge is 0.303 e. The minimum atomic E-state index is -0.951. The van der Waals surface area contributed by atoms with E-state index in [4.69, 9.17) is 16.6 Å². The molecule has 0 spiro atoms. The molecule has 0 heterocycles.